The number of hydrogen-bond donors (Lipinski definition) is 1. The average molecular weight is 583 g/mol. The predicted octanol–water partition coefficient (Wildman–Crippen LogP) is 7.30. The fourth-order valence-corrected chi connectivity index (χ4v) is 5.54. The number of benzene rings is 3. The van der Waals surface area contributed by atoms with Gasteiger partial charge in [-0.2, -0.15) is 0 Å². The number of rotatable bonds is 11. The summed E-state index contributed by atoms with van der Waals surface area (Å²) >= 11 is 3.78. The molecule has 174 valence electrons. The van der Waals surface area contributed by atoms with E-state index < -0.39 is 5.97 Å². The molecule has 0 spiro atoms. The van der Waals surface area contributed by atoms with Crippen molar-refractivity contribution in [3.05, 3.63) is 105 Å². The van der Waals surface area contributed by atoms with Gasteiger partial charge in [-0.15, -0.1) is 11.8 Å². The fraction of sp³-hybridized carbons (Fsp3) is 0.214. The van der Waals surface area contributed by atoms with E-state index in [9.17, 15) is 9.90 Å². The molecule has 0 fully saturated rings. The molecule has 34 heavy (non-hydrogen) atoms. The molecule has 4 rings (SSSR count). The minimum Gasteiger partial charge on any atom is -0.486 e. The van der Waals surface area contributed by atoms with Crippen LogP contribution < -0.4 is 4.74 Å². The van der Waals surface area contributed by atoms with E-state index in [0.29, 0.717) is 6.61 Å². The van der Waals surface area contributed by atoms with Gasteiger partial charge in [-0.1, -0.05) is 60.7 Å². The van der Waals surface area contributed by atoms with Crippen LogP contribution in [0.15, 0.2) is 84.9 Å². The van der Waals surface area contributed by atoms with Gasteiger partial charge in [0.15, 0.2) is 0 Å². The maximum absolute atomic E-state index is 11.2. The topological polar surface area (TPSA) is 59.4 Å². The molecule has 0 aliphatic heterocycles. The second kappa shape index (κ2) is 12.2. The second-order valence-corrected chi connectivity index (χ2v) is 10.4. The van der Waals surface area contributed by atoms with Gasteiger partial charge in [0, 0.05) is 10.6 Å². The fourth-order valence-electron chi connectivity index (χ4n) is 3.83. The summed E-state index contributed by atoms with van der Waals surface area (Å²) in [5, 5.41) is 10.4. The minimum absolute atomic E-state index is 0.0957. The molecule has 6 heteroatoms. The Labute approximate surface area is 217 Å². The van der Waals surface area contributed by atoms with Crippen molar-refractivity contribution in [3.63, 3.8) is 0 Å². The Morgan fingerprint density at radius 3 is 2.59 bits per heavy atom. The number of carbonyl (C=O) groups is 1. The van der Waals surface area contributed by atoms with E-state index in [4.69, 9.17) is 4.74 Å². The van der Waals surface area contributed by atoms with Gasteiger partial charge in [0.25, 0.3) is 0 Å². The van der Waals surface area contributed by atoms with Crippen molar-refractivity contribution in [1.29, 1.82) is 0 Å². The van der Waals surface area contributed by atoms with Crippen molar-refractivity contribution in [2.24, 2.45) is 0 Å². The molecule has 3 aromatic carbocycles. The second-order valence-electron chi connectivity index (χ2n) is 8.05. The first-order valence-electron chi connectivity index (χ1n) is 11.2. The first-order chi connectivity index (χ1) is 16.6. The SMILES string of the molecule is O=C(O)CSC(CCCc1ccccc1)c1ccc(OCc2ccc3ccccc3n2)c(I)c1. The molecule has 0 aliphatic rings. The van der Waals surface area contributed by atoms with Gasteiger partial charge in [0.2, 0.25) is 0 Å². The molecule has 0 amide bonds. The summed E-state index contributed by atoms with van der Waals surface area (Å²) in [6, 6.07) is 28.7. The summed E-state index contributed by atoms with van der Waals surface area (Å²) in [6.45, 7) is 0.397. The first-order valence-corrected chi connectivity index (χ1v) is 13.4. The third kappa shape index (κ3) is 6.96. The molecule has 1 heterocycles. The summed E-state index contributed by atoms with van der Waals surface area (Å²) in [6.07, 6.45) is 2.91. The van der Waals surface area contributed by atoms with E-state index in [1.165, 1.54) is 17.3 Å². The highest BCUT2D eigenvalue weighted by molar-refractivity contribution is 14.1. The van der Waals surface area contributed by atoms with Gasteiger partial charge < -0.3 is 9.84 Å². The Bertz CT molecular complexity index is 1250. The van der Waals surface area contributed by atoms with Crippen LogP contribution in [-0.4, -0.2) is 21.8 Å². The number of halogens is 1. The molecule has 0 saturated heterocycles. The zero-order valence-corrected chi connectivity index (χ0v) is 21.7. The van der Waals surface area contributed by atoms with Crippen LogP contribution in [0.25, 0.3) is 10.9 Å². The third-order valence-electron chi connectivity index (χ3n) is 5.54. The summed E-state index contributed by atoms with van der Waals surface area (Å²) in [4.78, 5) is 15.9. The molecule has 0 saturated carbocycles. The van der Waals surface area contributed by atoms with E-state index in [1.54, 1.807) is 0 Å². The Balaban J connectivity index is 1.41. The van der Waals surface area contributed by atoms with Gasteiger partial charge in [-0.25, -0.2) is 4.98 Å². The maximum Gasteiger partial charge on any atom is 0.313 e. The van der Waals surface area contributed by atoms with E-state index in [2.05, 4.69) is 70.0 Å². The van der Waals surface area contributed by atoms with E-state index in [-0.39, 0.29) is 11.0 Å². The van der Waals surface area contributed by atoms with E-state index >= 15 is 0 Å². The van der Waals surface area contributed by atoms with Crippen molar-refractivity contribution in [2.45, 2.75) is 31.1 Å². The molecule has 0 radical (unpaired) electrons. The quantitative estimate of drug-likeness (QED) is 0.188. The van der Waals surface area contributed by atoms with Crippen LogP contribution in [0.2, 0.25) is 0 Å². The van der Waals surface area contributed by atoms with Crippen LogP contribution in [0.5, 0.6) is 5.75 Å². The number of para-hydroxylation sites is 1. The number of fused-ring (bicyclic) bond motifs is 1. The largest absolute Gasteiger partial charge is 0.486 e. The minimum atomic E-state index is -0.782. The molecule has 1 unspecified atom stereocenters. The van der Waals surface area contributed by atoms with Crippen LogP contribution >= 0.6 is 34.4 Å². The van der Waals surface area contributed by atoms with Gasteiger partial charge in [-0.3, -0.25) is 4.79 Å². The van der Waals surface area contributed by atoms with Crippen LogP contribution in [0.3, 0.4) is 0 Å². The number of thioether (sulfide) groups is 1. The molecule has 1 aromatic heterocycles. The molecular formula is C28H26INO3S. The van der Waals surface area contributed by atoms with Crippen molar-refractivity contribution in [1.82, 2.24) is 4.98 Å². The van der Waals surface area contributed by atoms with Gasteiger partial charge in [-0.05, 0) is 77.2 Å². The highest BCUT2D eigenvalue weighted by Gasteiger charge is 2.16. The Morgan fingerprint density at radius 2 is 1.79 bits per heavy atom. The molecular weight excluding hydrogens is 557 g/mol. The Morgan fingerprint density at radius 1 is 1.00 bits per heavy atom. The van der Waals surface area contributed by atoms with Crippen LogP contribution in [-0.2, 0) is 17.8 Å². The van der Waals surface area contributed by atoms with Crippen LogP contribution in [0.4, 0.5) is 0 Å². The smallest absolute Gasteiger partial charge is 0.313 e. The normalized spacial score (nSPS) is 11.9. The summed E-state index contributed by atoms with van der Waals surface area (Å²) in [7, 11) is 0. The predicted molar refractivity (Wildman–Crippen MR) is 147 cm³/mol. The number of carboxylic acid groups (broad SMARTS) is 1. The van der Waals surface area contributed by atoms with Crippen molar-refractivity contribution >= 4 is 51.2 Å². The lowest BCUT2D eigenvalue weighted by molar-refractivity contribution is -0.133. The lowest BCUT2D eigenvalue weighted by atomic mass is 10.0. The molecule has 0 aliphatic carbocycles. The standard InChI is InChI=1S/C28H26INO3S/c29-24-17-22(27(34-19-28(31)32)12-6-9-20-7-2-1-3-8-20)14-16-26(24)33-18-23-15-13-21-10-4-5-11-25(21)30-23/h1-5,7-8,10-11,13-17,27H,6,9,12,18-19H2,(H,31,32). The zero-order chi connectivity index (χ0) is 23.8. The first kappa shape index (κ1) is 24.5. The lowest BCUT2D eigenvalue weighted by Crippen LogP contribution is -2.05. The highest BCUT2D eigenvalue weighted by Crippen LogP contribution is 2.36. The van der Waals surface area contributed by atoms with E-state index in [1.807, 2.05) is 42.5 Å². The van der Waals surface area contributed by atoms with Crippen molar-refractivity contribution in [2.75, 3.05) is 5.75 Å². The number of hydrogen-bond acceptors (Lipinski definition) is 4. The Kier molecular flexibility index (Phi) is 8.82. The molecule has 4 nitrogen and oxygen atoms in total. The molecule has 0 bridgehead atoms. The zero-order valence-electron chi connectivity index (χ0n) is 18.7. The van der Waals surface area contributed by atoms with Gasteiger partial charge >= 0.3 is 5.97 Å². The van der Waals surface area contributed by atoms with Gasteiger partial charge in [0.05, 0.1) is 20.5 Å². The number of aromatic nitrogens is 1. The summed E-state index contributed by atoms with van der Waals surface area (Å²) < 4.78 is 7.09. The lowest BCUT2D eigenvalue weighted by Gasteiger charge is -2.18. The van der Waals surface area contributed by atoms with Crippen molar-refractivity contribution < 1.29 is 14.6 Å². The number of carboxylic acids is 1. The molecule has 1 N–H and O–H groups in total. The summed E-state index contributed by atoms with van der Waals surface area (Å²) in [5.41, 5.74) is 4.29. The summed E-state index contributed by atoms with van der Waals surface area (Å²) in [5.74, 6) is 0.125. The number of aliphatic carboxylic acids is 1. The third-order valence-corrected chi connectivity index (χ3v) is 7.71. The number of ether oxygens (including phenoxy) is 1. The number of nitrogens with zero attached hydrogens (tertiary/aromatic N) is 1. The van der Waals surface area contributed by atoms with Crippen molar-refractivity contribution in [3.8, 4) is 5.75 Å². The molecule has 4 aromatic rings. The Hall–Kier alpha value is -2.58. The van der Waals surface area contributed by atoms with Gasteiger partial charge in [0.1, 0.15) is 12.4 Å². The number of pyridine rings is 1. The maximum atomic E-state index is 11.2. The average Bonchev–Trinajstić information content (AvgIpc) is 2.85. The van der Waals surface area contributed by atoms with Crippen LogP contribution in [0, 0.1) is 3.57 Å². The molecule has 1 atom stereocenters. The van der Waals surface area contributed by atoms with E-state index in [0.717, 1.165) is 50.7 Å². The van der Waals surface area contributed by atoms with Crippen LogP contribution in [0.1, 0.15) is 34.9 Å². The monoisotopic (exact) mass is 583 g/mol. The number of aryl methyl sites for hydroxylation is 1. The highest BCUT2D eigenvalue weighted by atomic mass is 127.